The third kappa shape index (κ3) is 4.93. The Morgan fingerprint density at radius 1 is 1.24 bits per heavy atom. The number of carbonyl (C=O) groups excluding carboxylic acids is 1. The van der Waals surface area contributed by atoms with Gasteiger partial charge in [-0.25, -0.2) is 0 Å². The van der Waals surface area contributed by atoms with Crippen LogP contribution >= 0.6 is 11.3 Å². The molecular formula is C16H21N3OS. The first-order valence-corrected chi connectivity index (χ1v) is 8.17. The van der Waals surface area contributed by atoms with E-state index in [0.29, 0.717) is 11.6 Å². The minimum Gasteiger partial charge on any atom is -0.300 e. The second kappa shape index (κ2) is 7.88. The standard InChI is InChI=1S/C16H21N3OS/c1-3-4-5-10-15-18-19-16(21-15)17-14(20)11-13-9-7-6-8-12(13)2/h6-9H,3-5,10-11H2,1-2H3,(H,17,19,20). The molecule has 0 bridgehead atoms. The normalized spacial score (nSPS) is 10.6. The van der Waals surface area contributed by atoms with E-state index in [1.807, 2.05) is 31.2 Å². The monoisotopic (exact) mass is 303 g/mol. The molecule has 0 aliphatic rings. The molecule has 0 unspecified atom stereocenters. The van der Waals surface area contributed by atoms with Crippen LogP contribution in [-0.4, -0.2) is 16.1 Å². The van der Waals surface area contributed by atoms with Gasteiger partial charge in [-0.1, -0.05) is 55.4 Å². The van der Waals surface area contributed by atoms with Crippen LogP contribution in [0.5, 0.6) is 0 Å². The van der Waals surface area contributed by atoms with Gasteiger partial charge in [-0.3, -0.25) is 4.79 Å². The Kier molecular flexibility index (Phi) is 5.87. The van der Waals surface area contributed by atoms with Crippen molar-refractivity contribution in [1.82, 2.24) is 10.2 Å². The van der Waals surface area contributed by atoms with E-state index in [-0.39, 0.29) is 5.91 Å². The summed E-state index contributed by atoms with van der Waals surface area (Å²) in [5.74, 6) is -0.0411. The second-order valence-electron chi connectivity index (χ2n) is 5.11. The van der Waals surface area contributed by atoms with Crippen LogP contribution in [0.3, 0.4) is 0 Å². The summed E-state index contributed by atoms with van der Waals surface area (Å²) in [6, 6.07) is 7.92. The molecule has 1 aromatic heterocycles. The Morgan fingerprint density at radius 3 is 2.81 bits per heavy atom. The maximum Gasteiger partial charge on any atom is 0.230 e. The lowest BCUT2D eigenvalue weighted by Crippen LogP contribution is -2.14. The van der Waals surface area contributed by atoms with Crippen LogP contribution in [-0.2, 0) is 17.6 Å². The van der Waals surface area contributed by atoms with Crippen molar-refractivity contribution >= 4 is 22.4 Å². The molecule has 4 nitrogen and oxygen atoms in total. The van der Waals surface area contributed by atoms with Gasteiger partial charge in [0.2, 0.25) is 11.0 Å². The highest BCUT2D eigenvalue weighted by Gasteiger charge is 2.09. The van der Waals surface area contributed by atoms with Crippen molar-refractivity contribution < 1.29 is 4.79 Å². The molecule has 0 atom stereocenters. The number of benzene rings is 1. The predicted octanol–water partition coefficient (Wildman–Crippen LogP) is 3.76. The zero-order valence-corrected chi connectivity index (χ0v) is 13.4. The first kappa shape index (κ1) is 15.6. The Labute approximate surface area is 129 Å². The fourth-order valence-electron chi connectivity index (χ4n) is 2.08. The molecule has 21 heavy (non-hydrogen) atoms. The van der Waals surface area contributed by atoms with E-state index in [1.165, 1.54) is 24.2 Å². The molecule has 1 aromatic carbocycles. The largest absolute Gasteiger partial charge is 0.300 e. The van der Waals surface area contributed by atoms with Gasteiger partial charge in [0.15, 0.2) is 0 Å². The topological polar surface area (TPSA) is 54.9 Å². The van der Waals surface area contributed by atoms with E-state index in [2.05, 4.69) is 22.4 Å². The highest BCUT2D eigenvalue weighted by Crippen LogP contribution is 2.18. The van der Waals surface area contributed by atoms with Crippen molar-refractivity contribution in [3.8, 4) is 0 Å². The number of nitrogens with one attached hydrogen (secondary N) is 1. The van der Waals surface area contributed by atoms with Crippen LogP contribution in [0.1, 0.15) is 42.3 Å². The van der Waals surface area contributed by atoms with E-state index >= 15 is 0 Å². The molecule has 2 rings (SSSR count). The van der Waals surface area contributed by atoms with Crippen LogP contribution in [0.2, 0.25) is 0 Å². The summed E-state index contributed by atoms with van der Waals surface area (Å²) in [6.45, 7) is 4.19. The van der Waals surface area contributed by atoms with Gasteiger partial charge in [-0.05, 0) is 24.5 Å². The Balaban J connectivity index is 1.87. The average molecular weight is 303 g/mol. The minimum absolute atomic E-state index is 0.0411. The van der Waals surface area contributed by atoms with Crippen LogP contribution in [0.15, 0.2) is 24.3 Å². The maximum absolute atomic E-state index is 12.0. The molecule has 5 heteroatoms. The van der Waals surface area contributed by atoms with Gasteiger partial charge in [0.25, 0.3) is 0 Å². The maximum atomic E-state index is 12.0. The number of hydrogen-bond donors (Lipinski definition) is 1. The van der Waals surface area contributed by atoms with Crippen molar-refractivity contribution in [2.24, 2.45) is 0 Å². The number of nitrogens with zero attached hydrogens (tertiary/aromatic N) is 2. The molecule has 0 spiro atoms. The third-order valence-corrected chi connectivity index (χ3v) is 4.22. The zero-order chi connectivity index (χ0) is 15.1. The van der Waals surface area contributed by atoms with E-state index < -0.39 is 0 Å². The summed E-state index contributed by atoms with van der Waals surface area (Å²) in [5, 5.41) is 12.6. The Bertz CT molecular complexity index is 595. The number of aromatic nitrogens is 2. The van der Waals surface area contributed by atoms with Crippen LogP contribution < -0.4 is 5.32 Å². The number of carbonyl (C=O) groups is 1. The lowest BCUT2D eigenvalue weighted by Gasteiger charge is -2.04. The predicted molar refractivity (Wildman–Crippen MR) is 86.7 cm³/mol. The Hall–Kier alpha value is -1.75. The molecule has 1 amide bonds. The molecule has 0 fully saturated rings. The van der Waals surface area contributed by atoms with Gasteiger partial charge < -0.3 is 5.32 Å². The van der Waals surface area contributed by atoms with Crippen molar-refractivity contribution in [1.29, 1.82) is 0 Å². The van der Waals surface area contributed by atoms with Crippen LogP contribution in [0.25, 0.3) is 0 Å². The number of hydrogen-bond acceptors (Lipinski definition) is 4. The third-order valence-electron chi connectivity index (χ3n) is 3.32. The second-order valence-corrected chi connectivity index (χ2v) is 6.17. The molecule has 0 aliphatic heterocycles. The molecule has 112 valence electrons. The van der Waals surface area contributed by atoms with Gasteiger partial charge in [0, 0.05) is 6.42 Å². The van der Waals surface area contributed by atoms with Gasteiger partial charge in [-0.15, -0.1) is 10.2 Å². The molecule has 1 heterocycles. The van der Waals surface area contributed by atoms with Crippen molar-refractivity contribution in [2.45, 2.75) is 46.0 Å². The first-order valence-electron chi connectivity index (χ1n) is 7.35. The average Bonchev–Trinajstić information content (AvgIpc) is 2.89. The van der Waals surface area contributed by atoms with Crippen LogP contribution in [0, 0.1) is 6.92 Å². The van der Waals surface area contributed by atoms with Gasteiger partial charge in [0.05, 0.1) is 6.42 Å². The van der Waals surface area contributed by atoms with E-state index in [4.69, 9.17) is 0 Å². The summed E-state index contributed by atoms with van der Waals surface area (Å²) in [6.07, 6.45) is 4.84. The molecule has 1 N–H and O–H groups in total. The number of aryl methyl sites for hydroxylation is 2. The molecule has 2 aromatic rings. The smallest absolute Gasteiger partial charge is 0.230 e. The number of amides is 1. The summed E-state index contributed by atoms with van der Waals surface area (Å²) >= 11 is 1.47. The van der Waals surface area contributed by atoms with Crippen molar-refractivity contribution in [2.75, 3.05) is 5.32 Å². The fourth-order valence-corrected chi connectivity index (χ4v) is 2.87. The first-order chi connectivity index (χ1) is 10.2. The van der Waals surface area contributed by atoms with Gasteiger partial charge in [0.1, 0.15) is 5.01 Å². The lowest BCUT2D eigenvalue weighted by molar-refractivity contribution is -0.115. The molecule has 0 aliphatic carbocycles. The SMILES string of the molecule is CCCCCc1nnc(NC(=O)Cc2ccccc2C)s1. The zero-order valence-electron chi connectivity index (χ0n) is 12.6. The Morgan fingerprint density at radius 2 is 2.05 bits per heavy atom. The van der Waals surface area contributed by atoms with E-state index in [1.54, 1.807) is 0 Å². The summed E-state index contributed by atoms with van der Waals surface area (Å²) < 4.78 is 0. The highest BCUT2D eigenvalue weighted by molar-refractivity contribution is 7.15. The molecule has 0 radical (unpaired) electrons. The summed E-state index contributed by atoms with van der Waals surface area (Å²) in [4.78, 5) is 12.0. The van der Waals surface area contributed by atoms with Gasteiger partial charge in [-0.2, -0.15) is 0 Å². The quantitative estimate of drug-likeness (QED) is 0.792. The number of rotatable bonds is 7. The van der Waals surface area contributed by atoms with E-state index in [9.17, 15) is 4.79 Å². The molecule has 0 saturated carbocycles. The van der Waals surface area contributed by atoms with Crippen molar-refractivity contribution in [3.63, 3.8) is 0 Å². The molecular weight excluding hydrogens is 282 g/mol. The fraction of sp³-hybridized carbons (Fsp3) is 0.438. The van der Waals surface area contributed by atoms with Crippen molar-refractivity contribution in [3.05, 3.63) is 40.4 Å². The van der Waals surface area contributed by atoms with Gasteiger partial charge >= 0.3 is 0 Å². The molecule has 0 saturated heterocycles. The van der Waals surface area contributed by atoms with Crippen LogP contribution in [0.4, 0.5) is 5.13 Å². The lowest BCUT2D eigenvalue weighted by atomic mass is 10.1. The summed E-state index contributed by atoms with van der Waals surface area (Å²) in [5.41, 5.74) is 2.17. The number of unbranched alkanes of at least 4 members (excludes halogenated alkanes) is 2. The highest BCUT2D eigenvalue weighted by atomic mass is 32.1. The van der Waals surface area contributed by atoms with E-state index in [0.717, 1.165) is 29.0 Å². The number of anilines is 1. The summed E-state index contributed by atoms with van der Waals surface area (Å²) in [7, 11) is 0. The minimum atomic E-state index is -0.0411.